The van der Waals surface area contributed by atoms with Crippen LogP contribution in [0.3, 0.4) is 0 Å². The average Bonchev–Trinajstić information content (AvgIpc) is 3.10. The van der Waals surface area contributed by atoms with Crippen molar-refractivity contribution >= 4 is 37.9 Å². The first-order valence-corrected chi connectivity index (χ1v) is 7.74. The number of imidazole rings is 1. The van der Waals surface area contributed by atoms with E-state index >= 15 is 0 Å². The van der Waals surface area contributed by atoms with Crippen molar-refractivity contribution in [3.8, 4) is 10.7 Å². The van der Waals surface area contributed by atoms with Gasteiger partial charge in [0.2, 0.25) is 4.96 Å². The maximum atomic E-state index is 13.4. The van der Waals surface area contributed by atoms with E-state index in [0.717, 1.165) is 33.5 Å². The van der Waals surface area contributed by atoms with Crippen molar-refractivity contribution in [1.82, 2.24) is 19.6 Å². The summed E-state index contributed by atoms with van der Waals surface area (Å²) >= 11 is 2.39. The monoisotopic (exact) mass is 322 g/mol. The normalized spacial score (nSPS) is 12.5. The molecule has 0 amide bonds. The van der Waals surface area contributed by atoms with E-state index in [-0.39, 0.29) is 5.01 Å². The summed E-state index contributed by atoms with van der Waals surface area (Å²) in [6.07, 6.45) is 1.62. The summed E-state index contributed by atoms with van der Waals surface area (Å²) in [4.78, 5) is 9.11. The van der Waals surface area contributed by atoms with E-state index < -0.39 is 5.92 Å². The van der Waals surface area contributed by atoms with Gasteiger partial charge in [0.1, 0.15) is 10.7 Å². The van der Waals surface area contributed by atoms with Gasteiger partial charge >= 0.3 is 0 Å². The van der Waals surface area contributed by atoms with Gasteiger partial charge in [-0.2, -0.15) is 13.9 Å². The largest absolute Gasteiger partial charge is 0.298 e. The van der Waals surface area contributed by atoms with Crippen molar-refractivity contribution in [2.45, 2.75) is 12.8 Å². The molecule has 0 unspecified atom stereocenters. The van der Waals surface area contributed by atoms with Crippen LogP contribution >= 0.6 is 22.7 Å². The molecule has 0 N–H and O–H groups in total. The van der Waals surface area contributed by atoms with E-state index in [4.69, 9.17) is 0 Å². The Labute approximate surface area is 125 Å². The zero-order chi connectivity index (χ0) is 14.6. The zero-order valence-corrected chi connectivity index (χ0v) is 12.4. The number of nitrogens with zero attached hydrogens (tertiary/aromatic N) is 4. The highest BCUT2D eigenvalue weighted by atomic mass is 32.1. The molecule has 0 bridgehead atoms. The van der Waals surface area contributed by atoms with Crippen molar-refractivity contribution in [2.75, 3.05) is 0 Å². The fourth-order valence-electron chi connectivity index (χ4n) is 2.00. The molecule has 8 heteroatoms. The minimum absolute atomic E-state index is 0.243. The summed E-state index contributed by atoms with van der Waals surface area (Å²) in [6.45, 7) is 0.836. The van der Waals surface area contributed by atoms with Gasteiger partial charge in [0.05, 0.1) is 16.4 Å². The molecule has 0 radical (unpaired) electrons. The topological polar surface area (TPSA) is 43.1 Å². The Kier molecular flexibility index (Phi) is 2.61. The number of alkyl halides is 2. The molecule has 4 aromatic rings. The molecule has 3 aromatic heterocycles. The maximum absolute atomic E-state index is 13.4. The van der Waals surface area contributed by atoms with Crippen molar-refractivity contribution in [3.63, 3.8) is 0 Å². The number of fused-ring (bicyclic) bond motifs is 2. The van der Waals surface area contributed by atoms with Gasteiger partial charge in [-0.15, -0.1) is 11.3 Å². The number of para-hydroxylation sites is 1. The molecule has 0 atom stereocenters. The Morgan fingerprint density at radius 2 is 2.00 bits per heavy atom. The third-order valence-corrected chi connectivity index (χ3v) is 5.13. The molecule has 0 aliphatic rings. The maximum Gasteiger partial charge on any atom is 0.298 e. The fraction of sp³-hybridized carbons (Fsp3) is 0.154. The molecule has 0 fully saturated rings. The molecule has 4 nitrogen and oxygen atoms in total. The lowest BCUT2D eigenvalue weighted by Gasteiger charge is -2.02. The number of aromatic nitrogens is 4. The predicted octanol–water partition coefficient (Wildman–Crippen LogP) is 4.18. The smallest absolute Gasteiger partial charge is 0.234 e. The van der Waals surface area contributed by atoms with Crippen LogP contribution in [0.25, 0.3) is 25.9 Å². The number of thiazole rings is 1. The van der Waals surface area contributed by atoms with Gasteiger partial charge in [-0.05, 0) is 12.1 Å². The second-order valence-corrected chi connectivity index (χ2v) is 6.61. The molecule has 0 aliphatic heterocycles. The molecule has 0 saturated heterocycles. The van der Waals surface area contributed by atoms with E-state index in [2.05, 4.69) is 15.1 Å². The van der Waals surface area contributed by atoms with Gasteiger partial charge in [-0.1, -0.05) is 23.5 Å². The van der Waals surface area contributed by atoms with E-state index in [1.807, 2.05) is 24.3 Å². The van der Waals surface area contributed by atoms with Crippen LogP contribution < -0.4 is 0 Å². The summed E-state index contributed by atoms with van der Waals surface area (Å²) in [7, 11) is 0. The van der Waals surface area contributed by atoms with E-state index in [0.29, 0.717) is 10.7 Å². The minimum atomic E-state index is -2.96. The first-order valence-electron chi connectivity index (χ1n) is 6.11. The molecule has 1 aromatic carbocycles. The number of halogens is 2. The van der Waals surface area contributed by atoms with E-state index in [1.54, 1.807) is 6.20 Å². The van der Waals surface area contributed by atoms with Gasteiger partial charge in [-0.3, -0.25) is 0 Å². The second kappa shape index (κ2) is 4.28. The molecule has 0 spiro atoms. The number of benzene rings is 1. The molecule has 0 saturated carbocycles. The third-order valence-electron chi connectivity index (χ3n) is 2.97. The molecule has 106 valence electrons. The summed E-state index contributed by atoms with van der Waals surface area (Å²) in [5.74, 6) is -2.96. The van der Waals surface area contributed by atoms with Crippen LogP contribution in [0.5, 0.6) is 0 Å². The summed E-state index contributed by atoms with van der Waals surface area (Å²) in [5.41, 5.74) is 1.52. The van der Waals surface area contributed by atoms with Gasteiger partial charge < -0.3 is 0 Å². The first-order chi connectivity index (χ1) is 10.0. The van der Waals surface area contributed by atoms with Gasteiger partial charge in [0.25, 0.3) is 5.92 Å². The summed E-state index contributed by atoms with van der Waals surface area (Å²) in [6, 6.07) is 7.74. The summed E-state index contributed by atoms with van der Waals surface area (Å²) in [5, 5.41) is 4.46. The summed E-state index contributed by atoms with van der Waals surface area (Å²) < 4.78 is 29.2. The van der Waals surface area contributed by atoms with Crippen molar-refractivity contribution in [2.24, 2.45) is 0 Å². The van der Waals surface area contributed by atoms with Crippen LogP contribution in [0.15, 0.2) is 30.5 Å². The standard InChI is InChI=1S/C13H8F2N4S2/c1-13(14,15)11-18-19-8(6-16-12(19)21-11)10-17-7-4-2-3-5-9(7)20-10/h2-6H,1H3. The number of rotatable bonds is 2. The highest BCUT2D eigenvalue weighted by Gasteiger charge is 2.30. The van der Waals surface area contributed by atoms with Crippen LogP contribution in [-0.4, -0.2) is 19.6 Å². The Morgan fingerprint density at radius 3 is 2.76 bits per heavy atom. The third kappa shape index (κ3) is 2.02. The average molecular weight is 322 g/mol. The molecule has 0 aliphatic carbocycles. The molecule has 21 heavy (non-hydrogen) atoms. The Hall–Kier alpha value is -1.93. The zero-order valence-electron chi connectivity index (χ0n) is 10.7. The van der Waals surface area contributed by atoms with Crippen LogP contribution in [0.2, 0.25) is 0 Å². The predicted molar refractivity (Wildman–Crippen MR) is 79.0 cm³/mol. The second-order valence-electron chi connectivity index (χ2n) is 4.62. The van der Waals surface area contributed by atoms with Gasteiger partial charge in [0, 0.05) is 6.92 Å². The van der Waals surface area contributed by atoms with Gasteiger partial charge in [-0.25, -0.2) is 14.5 Å². The number of hydrogen-bond acceptors (Lipinski definition) is 5. The Morgan fingerprint density at radius 1 is 1.19 bits per heavy atom. The molecule has 3 heterocycles. The SMILES string of the molecule is CC(F)(F)c1nn2c(-c3nc4ccccc4s3)cnc2s1. The lowest BCUT2D eigenvalue weighted by Crippen LogP contribution is -2.07. The Bertz CT molecular complexity index is 915. The number of hydrogen-bond donors (Lipinski definition) is 0. The van der Waals surface area contributed by atoms with Gasteiger partial charge in [0.15, 0.2) is 5.01 Å². The lowest BCUT2D eigenvalue weighted by atomic mass is 10.3. The quantitative estimate of drug-likeness (QED) is 0.556. The molecule has 4 rings (SSSR count). The van der Waals surface area contributed by atoms with E-state index in [1.165, 1.54) is 15.9 Å². The highest BCUT2D eigenvalue weighted by Crippen LogP contribution is 2.34. The van der Waals surface area contributed by atoms with Crippen molar-refractivity contribution < 1.29 is 8.78 Å². The Balaban J connectivity index is 1.91. The lowest BCUT2D eigenvalue weighted by molar-refractivity contribution is 0.0163. The van der Waals surface area contributed by atoms with Crippen molar-refractivity contribution in [3.05, 3.63) is 35.5 Å². The minimum Gasteiger partial charge on any atom is -0.234 e. The van der Waals surface area contributed by atoms with Crippen LogP contribution in [0.4, 0.5) is 8.78 Å². The van der Waals surface area contributed by atoms with Crippen LogP contribution in [0.1, 0.15) is 11.9 Å². The first kappa shape index (κ1) is 12.8. The molecular weight excluding hydrogens is 314 g/mol. The van der Waals surface area contributed by atoms with Crippen LogP contribution in [0, 0.1) is 0 Å². The highest BCUT2D eigenvalue weighted by molar-refractivity contribution is 7.21. The van der Waals surface area contributed by atoms with Crippen LogP contribution in [-0.2, 0) is 5.92 Å². The van der Waals surface area contributed by atoms with Crippen molar-refractivity contribution in [1.29, 1.82) is 0 Å². The molecular formula is C13H8F2N4S2. The van der Waals surface area contributed by atoms with E-state index in [9.17, 15) is 8.78 Å². The fourth-order valence-corrected chi connectivity index (χ4v) is 3.76.